The minimum atomic E-state index is -0.162. The van der Waals surface area contributed by atoms with E-state index in [1.54, 1.807) is 6.20 Å². The van der Waals surface area contributed by atoms with Gasteiger partial charge in [0.15, 0.2) is 16.9 Å². The fourth-order valence-electron chi connectivity index (χ4n) is 3.34. The maximum absolute atomic E-state index is 12.5. The van der Waals surface area contributed by atoms with Gasteiger partial charge in [0.2, 0.25) is 5.43 Å². The Hall–Kier alpha value is -3.80. The highest BCUT2D eigenvalue weighted by Gasteiger charge is 2.18. The van der Waals surface area contributed by atoms with Gasteiger partial charge >= 0.3 is 0 Å². The van der Waals surface area contributed by atoms with Crippen molar-refractivity contribution in [3.8, 4) is 22.7 Å². The molecule has 1 N–H and O–H groups in total. The molecule has 0 spiro atoms. The first-order valence-electron chi connectivity index (χ1n) is 8.92. The summed E-state index contributed by atoms with van der Waals surface area (Å²) in [5.74, 6) is 1.39. The molecular weight excluding hydrogens is 352 g/mol. The van der Waals surface area contributed by atoms with E-state index in [9.17, 15) is 4.79 Å². The summed E-state index contributed by atoms with van der Waals surface area (Å²) in [5, 5.41) is 0.987. The molecule has 136 valence electrons. The van der Waals surface area contributed by atoms with Gasteiger partial charge < -0.3 is 9.40 Å². The molecule has 0 saturated heterocycles. The number of aryl methyl sites for hydroxylation is 2. The van der Waals surface area contributed by atoms with Crippen LogP contribution in [0.5, 0.6) is 0 Å². The highest BCUT2D eigenvalue weighted by Crippen LogP contribution is 2.32. The lowest BCUT2D eigenvalue weighted by atomic mass is 10.0. The maximum atomic E-state index is 12.5. The van der Waals surface area contributed by atoms with E-state index in [4.69, 9.17) is 14.4 Å². The Kier molecular flexibility index (Phi) is 3.58. The van der Waals surface area contributed by atoms with Gasteiger partial charge in [-0.1, -0.05) is 12.1 Å². The number of nitrogens with zero attached hydrogens (tertiary/aromatic N) is 3. The van der Waals surface area contributed by atoms with Crippen LogP contribution in [0.3, 0.4) is 0 Å². The summed E-state index contributed by atoms with van der Waals surface area (Å²) >= 11 is 0. The summed E-state index contributed by atoms with van der Waals surface area (Å²) in [4.78, 5) is 29.4. The molecule has 6 heteroatoms. The number of fused-ring (bicyclic) bond motifs is 2. The largest absolute Gasteiger partial charge is 0.460 e. The van der Waals surface area contributed by atoms with Crippen LogP contribution in [0.25, 0.3) is 44.8 Å². The molecule has 0 saturated carbocycles. The van der Waals surface area contributed by atoms with Crippen LogP contribution < -0.4 is 5.43 Å². The fourth-order valence-corrected chi connectivity index (χ4v) is 3.34. The van der Waals surface area contributed by atoms with Gasteiger partial charge in [-0.15, -0.1) is 0 Å². The number of rotatable bonds is 2. The number of aromatic amines is 1. The van der Waals surface area contributed by atoms with Gasteiger partial charge in [0.05, 0.1) is 5.52 Å². The summed E-state index contributed by atoms with van der Waals surface area (Å²) in [7, 11) is 0. The summed E-state index contributed by atoms with van der Waals surface area (Å²) in [6.45, 7) is 3.70. The van der Waals surface area contributed by atoms with Crippen molar-refractivity contribution in [3.63, 3.8) is 0 Å². The molecule has 0 atom stereocenters. The molecule has 0 amide bonds. The normalized spacial score (nSPS) is 11.4. The Morgan fingerprint density at radius 2 is 1.86 bits per heavy atom. The van der Waals surface area contributed by atoms with Crippen LogP contribution >= 0.6 is 0 Å². The Balaban J connectivity index is 1.85. The molecule has 6 nitrogen and oxygen atoms in total. The molecule has 5 rings (SSSR count). The summed E-state index contributed by atoms with van der Waals surface area (Å²) in [5.41, 5.74) is 4.25. The average molecular weight is 368 g/mol. The Labute approximate surface area is 159 Å². The van der Waals surface area contributed by atoms with Gasteiger partial charge in [0.1, 0.15) is 17.1 Å². The first-order valence-corrected chi connectivity index (χ1v) is 8.92. The zero-order valence-electron chi connectivity index (χ0n) is 15.4. The maximum Gasteiger partial charge on any atom is 0.209 e. The first-order chi connectivity index (χ1) is 13.6. The summed E-state index contributed by atoms with van der Waals surface area (Å²) in [6.07, 6.45) is 1.76. The van der Waals surface area contributed by atoms with E-state index < -0.39 is 0 Å². The standard InChI is InChI=1S/C22H16N4O2/c1-12-10-17(27)20-22(24-12)26-21(18-8-5-13(2)28-18)19(25-20)15-6-7-16-14(11-15)4-3-9-23-16/h3-11H,1-2H3,(H,24,26,27). The SMILES string of the molecule is Cc1cc(=O)c2nc(-c3ccc4ncccc4c3)c(-c3ccc(C)o3)nc2[nH]1. The van der Waals surface area contributed by atoms with E-state index in [1.807, 2.05) is 56.3 Å². The lowest BCUT2D eigenvalue weighted by molar-refractivity contribution is 0.546. The molecular formula is C22H16N4O2. The van der Waals surface area contributed by atoms with E-state index in [2.05, 4.69) is 9.97 Å². The van der Waals surface area contributed by atoms with Crippen molar-refractivity contribution in [2.45, 2.75) is 13.8 Å². The van der Waals surface area contributed by atoms with Crippen LogP contribution in [-0.4, -0.2) is 19.9 Å². The number of furan rings is 1. The minimum absolute atomic E-state index is 0.162. The van der Waals surface area contributed by atoms with Crippen LogP contribution in [0.1, 0.15) is 11.5 Å². The Morgan fingerprint density at radius 3 is 2.68 bits per heavy atom. The number of benzene rings is 1. The minimum Gasteiger partial charge on any atom is -0.460 e. The molecule has 0 unspecified atom stereocenters. The van der Waals surface area contributed by atoms with E-state index in [1.165, 1.54) is 6.07 Å². The van der Waals surface area contributed by atoms with Crippen molar-refractivity contribution in [1.82, 2.24) is 19.9 Å². The van der Waals surface area contributed by atoms with Crippen LogP contribution in [0.4, 0.5) is 0 Å². The Bertz CT molecular complexity index is 1420. The number of aromatic nitrogens is 4. The predicted molar refractivity (Wildman–Crippen MR) is 108 cm³/mol. The van der Waals surface area contributed by atoms with Gasteiger partial charge in [0.25, 0.3) is 0 Å². The third-order valence-corrected chi connectivity index (χ3v) is 4.64. The molecule has 0 fully saturated rings. The molecule has 4 aromatic heterocycles. The topological polar surface area (TPSA) is 84.7 Å². The summed E-state index contributed by atoms with van der Waals surface area (Å²) in [6, 6.07) is 15.0. The van der Waals surface area contributed by atoms with Crippen molar-refractivity contribution in [3.05, 3.63) is 76.4 Å². The third-order valence-electron chi connectivity index (χ3n) is 4.64. The van der Waals surface area contributed by atoms with E-state index in [0.717, 1.165) is 27.9 Å². The van der Waals surface area contributed by atoms with Crippen molar-refractivity contribution in [1.29, 1.82) is 0 Å². The van der Waals surface area contributed by atoms with Crippen molar-refractivity contribution in [2.24, 2.45) is 0 Å². The second-order valence-electron chi connectivity index (χ2n) is 6.76. The van der Waals surface area contributed by atoms with Gasteiger partial charge in [-0.05, 0) is 44.2 Å². The van der Waals surface area contributed by atoms with Gasteiger partial charge in [-0.3, -0.25) is 9.78 Å². The predicted octanol–water partition coefficient (Wildman–Crippen LogP) is 4.41. The van der Waals surface area contributed by atoms with Crippen molar-refractivity contribution in [2.75, 3.05) is 0 Å². The lowest BCUT2D eigenvalue weighted by Crippen LogP contribution is -2.08. The van der Waals surface area contributed by atoms with Crippen molar-refractivity contribution >= 4 is 22.1 Å². The number of hydrogen-bond donors (Lipinski definition) is 1. The second-order valence-corrected chi connectivity index (χ2v) is 6.76. The Morgan fingerprint density at radius 1 is 0.964 bits per heavy atom. The highest BCUT2D eigenvalue weighted by molar-refractivity contribution is 5.88. The van der Waals surface area contributed by atoms with E-state index in [-0.39, 0.29) is 5.43 Å². The smallest absolute Gasteiger partial charge is 0.209 e. The quantitative estimate of drug-likeness (QED) is 0.499. The number of nitrogens with one attached hydrogen (secondary N) is 1. The number of H-pyrrole nitrogens is 1. The molecule has 28 heavy (non-hydrogen) atoms. The van der Waals surface area contributed by atoms with E-state index in [0.29, 0.717) is 28.3 Å². The highest BCUT2D eigenvalue weighted by atomic mass is 16.3. The molecule has 0 radical (unpaired) electrons. The summed E-state index contributed by atoms with van der Waals surface area (Å²) < 4.78 is 5.82. The molecule has 0 aliphatic heterocycles. The van der Waals surface area contributed by atoms with Crippen LogP contribution in [0.2, 0.25) is 0 Å². The lowest BCUT2D eigenvalue weighted by Gasteiger charge is -2.09. The number of pyridine rings is 2. The molecule has 0 aliphatic carbocycles. The third kappa shape index (κ3) is 2.66. The van der Waals surface area contributed by atoms with Crippen LogP contribution in [-0.2, 0) is 0 Å². The molecule has 5 aromatic rings. The second kappa shape index (κ2) is 6.13. The average Bonchev–Trinajstić information content (AvgIpc) is 3.13. The monoisotopic (exact) mass is 368 g/mol. The zero-order valence-corrected chi connectivity index (χ0v) is 15.4. The number of hydrogen-bond acceptors (Lipinski definition) is 5. The molecule has 4 heterocycles. The van der Waals surface area contributed by atoms with Crippen LogP contribution in [0.15, 0.2) is 63.9 Å². The van der Waals surface area contributed by atoms with E-state index >= 15 is 0 Å². The van der Waals surface area contributed by atoms with Gasteiger partial charge in [-0.25, -0.2) is 9.97 Å². The zero-order chi connectivity index (χ0) is 19.3. The van der Waals surface area contributed by atoms with Gasteiger partial charge in [-0.2, -0.15) is 0 Å². The molecule has 1 aromatic carbocycles. The van der Waals surface area contributed by atoms with Gasteiger partial charge in [0, 0.05) is 28.9 Å². The first kappa shape index (κ1) is 16.4. The van der Waals surface area contributed by atoms with Crippen LogP contribution in [0, 0.1) is 13.8 Å². The fraction of sp³-hybridized carbons (Fsp3) is 0.0909. The van der Waals surface area contributed by atoms with Crippen molar-refractivity contribution < 1.29 is 4.42 Å². The molecule has 0 aliphatic rings. The molecule has 0 bridgehead atoms.